The van der Waals surface area contributed by atoms with E-state index in [1.807, 2.05) is 0 Å². The first-order chi connectivity index (χ1) is 8.74. The van der Waals surface area contributed by atoms with Crippen LogP contribution in [-0.2, 0) is 9.84 Å². The molecule has 3 nitrogen and oxygen atoms in total. The van der Waals surface area contributed by atoms with E-state index in [1.54, 1.807) is 6.92 Å². The Labute approximate surface area is 159 Å². The molecule has 108 valence electrons. The fourth-order valence-corrected chi connectivity index (χ4v) is 2.24. The summed E-state index contributed by atoms with van der Waals surface area (Å²) in [5, 5.41) is 0. The first-order valence-corrected chi connectivity index (χ1v) is 7.70. The molecule has 9 heteroatoms. The SMILES string of the molecule is CCS(=O)(=O)CCCOc1ccc([B-](F)(F)F)cc1.[K+]. The summed E-state index contributed by atoms with van der Waals surface area (Å²) in [5.41, 5.74) is -0.680. The van der Waals surface area contributed by atoms with E-state index in [4.69, 9.17) is 4.74 Å². The predicted octanol–water partition coefficient (Wildman–Crippen LogP) is -1.05. The van der Waals surface area contributed by atoms with Gasteiger partial charge in [-0.2, -0.15) is 0 Å². The molecule has 20 heavy (non-hydrogen) atoms. The summed E-state index contributed by atoms with van der Waals surface area (Å²) in [7, 11) is -3.03. The van der Waals surface area contributed by atoms with Crippen LogP contribution in [0.5, 0.6) is 5.75 Å². The molecule has 0 aromatic heterocycles. The van der Waals surface area contributed by atoms with Gasteiger partial charge in [-0.1, -0.05) is 19.1 Å². The third-order valence-electron chi connectivity index (χ3n) is 2.57. The number of halogens is 3. The summed E-state index contributed by atoms with van der Waals surface area (Å²) >= 11 is 0. The number of hydrogen-bond donors (Lipinski definition) is 0. The summed E-state index contributed by atoms with van der Waals surface area (Å²) in [4.78, 5) is 0. The third-order valence-corrected chi connectivity index (χ3v) is 4.36. The largest absolute Gasteiger partial charge is 1.00 e. The van der Waals surface area contributed by atoms with Gasteiger partial charge in [-0.05, 0) is 18.6 Å². The van der Waals surface area contributed by atoms with Gasteiger partial charge in [-0.25, -0.2) is 8.42 Å². The summed E-state index contributed by atoms with van der Waals surface area (Å²) in [6.45, 7) is -3.27. The van der Waals surface area contributed by atoms with Crippen LogP contribution >= 0.6 is 0 Å². The molecule has 0 aliphatic carbocycles. The van der Waals surface area contributed by atoms with E-state index in [0.29, 0.717) is 12.2 Å². The number of rotatable bonds is 7. The minimum Gasteiger partial charge on any atom is -0.494 e. The zero-order chi connectivity index (χ0) is 14.5. The van der Waals surface area contributed by atoms with Crippen molar-refractivity contribution in [1.82, 2.24) is 0 Å². The predicted molar refractivity (Wildman–Crippen MR) is 69.6 cm³/mol. The molecule has 0 saturated carbocycles. The molecule has 0 spiro atoms. The third kappa shape index (κ3) is 7.46. The molecular weight excluding hydrogens is 319 g/mol. The topological polar surface area (TPSA) is 43.4 Å². The van der Waals surface area contributed by atoms with Crippen molar-refractivity contribution in [3.63, 3.8) is 0 Å². The zero-order valence-electron chi connectivity index (χ0n) is 11.5. The van der Waals surface area contributed by atoms with Gasteiger partial charge in [0.15, 0.2) is 0 Å². The maximum absolute atomic E-state index is 12.4. The average molecular weight is 334 g/mol. The number of ether oxygens (including phenoxy) is 1. The van der Waals surface area contributed by atoms with E-state index in [1.165, 1.54) is 12.1 Å². The van der Waals surface area contributed by atoms with Gasteiger partial charge >= 0.3 is 58.4 Å². The van der Waals surface area contributed by atoms with Crippen LogP contribution in [0.25, 0.3) is 0 Å². The van der Waals surface area contributed by atoms with Gasteiger partial charge < -0.3 is 17.7 Å². The molecule has 0 atom stereocenters. The van der Waals surface area contributed by atoms with Gasteiger partial charge in [0.25, 0.3) is 0 Å². The standard InChI is InChI=1S/C11H15BF3O3S.K/c1-2-19(16,17)9-3-8-18-11-6-4-10(5-7-11)12(13,14)15;/h4-7H,2-3,8-9H2,1H3;/q-1;+1. The van der Waals surface area contributed by atoms with Gasteiger partial charge in [-0.15, -0.1) is 5.46 Å². The summed E-state index contributed by atoms with van der Waals surface area (Å²) in [5.74, 6) is 0.403. The molecule has 1 aromatic rings. The van der Waals surface area contributed by atoms with Gasteiger partial charge in [-0.3, -0.25) is 0 Å². The minimum atomic E-state index is -4.99. The Morgan fingerprint density at radius 1 is 1.15 bits per heavy atom. The van der Waals surface area contributed by atoms with Crippen LogP contribution in [0.1, 0.15) is 13.3 Å². The second-order valence-electron chi connectivity index (χ2n) is 4.08. The number of benzene rings is 1. The van der Waals surface area contributed by atoms with E-state index < -0.39 is 22.3 Å². The fraction of sp³-hybridized carbons (Fsp3) is 0.455. The second-order valence-corrected chi connectivity index (χ2v) is 6.55. The Balaban J connectivity index is 0.00000361. The molecule has 0 amide bonds. The molecule has 0 bridgehead atoms. The molecule has 0 radical (unpaired) electrons. The summed E-state index contributed by atoms with van der Waals surface area (Å²) in [6, 6.07) is 4.38. The molecule has 0 aliphatic heterocycles. The Morgan fingerprint density at radius 3 is 2.15 bits per heavy atom. The van der Waals surface area contributed by atoms with Crippen LogP contribution in [0.4, 0.5) is 12.9 Å². The van der Waals surface area contributed by atoms with E-state index in [-0.39, 0.29) is 69.5 Å². The van der Waals surface area contributed by atoms with Crippen molar-refractivity contribution in [3.8, 4) is 5.75 Å². The van der Waals surface area contributed by atoms with Crippen LogP contribution in [0.2, 0.25) is 0 Å². The maximum atomic E-state index is 12.4. The first kappa shape index (κ1) is 20.5. The Hall–Kier alpha value is 0.461. The Morgan fingerprint density at radius 2 is 1.70 bits per heavy atom. The van der Waals surface area contributed by atoms with E-state index >= 15 is 0 Å². The van der Waals surface area contributed by atoms with E-state index in [9.17, 15) is 21.4 Å². The van der Waals surface area contributed by atoms with Crippen molar-refractivity contribution in [1.29, 1.82) is 0 Å². The quantitative estimate of drug-likeness (QED) is 0.472. The van der Waals surface area contributed by atoms with Crippen molar-refractivity contribution in [2.45, 2.75) is 13.3 Å². The number of hydrogen-bond acceptors (Lipinski definition) is 3. The van der Waals surface area contributed by atoms with Gasteiger partial charge in [0, 0.05) is 5.75 Å². The zero-order valence-corrected chi connectivity index (χ0v) is 15.4. The van der Waals surface area contributed by atoms with Gasteiger partial charge in [0.05, 0.1) is 12.4 Å². The number of sulfone groups is 1. The molecule has 0 N–H and O–H groups in total. The van der Waals surface area contributed by atoms with Crippen LogP contribution in [0.3, 0.4) is 0 Å². The molecule has 0 heterocycles. The van der Waals surface area contributed by atoms with Gasteiger partial charge in [0.1, 0.15) is 15.6 Å². The molecule has 0 aliphatic rings. The molecule has 0 fully saturated rings. The summed E-state index contributed by atoms with van der Waals surface area (Å²) < 4.78 is 64.6. The Kier molecular flexibility index (Phi) is 9.00. The molecule has 1 aromatic carbocycles. The maximum Gasteiger partial charge on any atom is 1.00 e. The van der Waals surface area contributed by atoms with E-state index in [0.717, 1.165) is 12.1 Å². The monoisotopic (exact) mass is 334 g/mol. The normalized spacial score (nSPS) is 11.8. The fourth-order valence-electron chi connectivity index (χ4n) is 1.40. The summed E-state index contributed by atoms with van der Waals surface area (Å²) in [6.07, 6.45) is 0.321. The van der Waals surface area contributed by atoms with Crippen LogP contribution in [0, 0.1) is 0 Å². The van der Waals surface area contributed by atoms with Crippen LogP contribution < -0.4 is 61.6 Å². The Bertz CT molecular complexity index is 503. The van der Waals surface area contributed by atoms with Crippen molar-refractivity contribution in [3.05, 3.63) is 24.3 Å². The van der Waals surface area contributed by atoms with Crippen molar-refractivity contribution < 1.29 is 77.5 Å². The molecule has 0 saturated heterocycles. The smallest absolute Gasteiger partial charge is 0.494 e. The van der Waals surface area contributed by atoms with Crippen molar-refractivity contribution in [2.75, 3.05) is 18.1 Å². The van der Waals surface area contributed by atoms with Gasteiger partial charge in [0.2, 0.25) is 0 Å². The van der Waals surface area contributed by atoms with Crippen molar-refractivity contribution in [2.24, 2.45) is 0 Å². The van der Waals surface area contributed by atoms with Crippen molar-refractivity contribution >= 4 is 22.3 Å². The molecular formula is C11H15BF3KO3S. The molecule has 0 unspecified atom stereocenters. The van der Waals surface area contributed by atoms with E-state index in [2.05, 4.69) is 0 Å². The first-order valence-electron chi connectivity index (χ1n) is 5.88. The second kappa shape index (κ2) is 8.80. The average Bonchev–Trinajstić information content (AvgIpc) is 2.34. The minimum absolute atomic E-state index is 0. The molecule has 1 rings (SSSR count). The van der Waals surface area contributed by atoms with Crippen LogP contribution in [-0.4, -0.2) is 33.5 Å². The van der Waals surface area contributed by atoms with Crippen LogP contribution in [0.15, 0.2) is 24.3 Å².